The van der Waals surface area contributed by atoms with Crippen LogP contribution in [0.2, 0.25) is 0 Å². The van der Waals surface area contributed by atoms with Gasteiger partial charge in [-0.2, -0.15) is 0 Å². The van der Waals surface area contributed by atoms with Gasteiger partial charge in [0.2, 0.25) is 5.91 Å². The highest BCUT2D eigenvalue weighted by Crippen LogP contribution is 1.99. The van der Waals surface area contributed by atoms with E-state index in [1.165, 1.54) is 0 Å². The molecule has 12 heavy (non-hydrogen) atoms. The first-order valence-electron chi connectivity index (χ1n) is 4.29. The number of carbonyl (C=O) groups is 1. The van der Waals surface area contributed by atoms with Crippen molar-refractivity contribution in [3.8, 4) is 0 Å². The monoisotopic (exact) mass is 172 g/mol. The number of rotatable bonds is 5. The van der Waals surface area contributed by atoms with Crippen LogP contribution in [0, 0.1) is 5.92 Å². The molecule has 0 radical (unpaired) electrons. The Morgan fingerprint density at radius 1 is 1.67 bits per heavy atom. The molecule has 1 aliphatic heterocycles. The number of amides is 1. The Labute approximate surface area is 72.7 Å². The lowest BCUT2D eigenvalue weighted by molar-refractivity contribution is -0.122. The molecule has 0 aromatic rings. The van der Waals surface area contributed by atoms with Gasteiger partial charge < -0.3 is 15.4 Å². The van der Waals surface area contributed by atoms with Gasteiger partial charge >= 0.3 is 0 Å². The van der Waals surface area contributed by atoms with Crippen LogP contribution < -0.4 is 10.6 Å². The maximum atomic E-state index is 11.0. The molecule has 70 valence electrons. The van der Waals surface area contributed by atoms with Gasteiger partial charge in [-0.1, -0.05) is 0 Å². The van der Waals surface area contributed by atoms with Gasteiger partial charge in [-0.15, -0.1) is 0 Å². The average Bonchev–Trinajstić information content (AvgIpc) is 1.98. The van der Waals surface area contributed by atoms with Crippen molar-refractivity contribution in [3.05, 3.63) is 0 Å². The fourth-order valence-corrected chi connectivity index (χ4v) is 1.03. The zero-order valence-electron chi connectivity index (χ0n) is 7.43. The van der Waals surface area contributed by atoms with E-state index in [0.29, 0.717) is 18.9 Å². The molecule has 1 amide bonds. The number of nitrogens with one attached hydrogen (secondary N) is 2. The summed E-state index contributed by atoms with van der Waals surface area (Å²) in [5, 5.41) is 6.01. The third-order valence-corrected chi connectivity index (χ3v) is 1.99. The number of hydrogen-bond acceptors (Lipinski definition) is 3. The molecule has 0 aliphatic carbocycles. The minimum absolute atomic E-state index is 0.0868. The van der Waals surface area contributed by atoms with E-state index in [2.05, 4.69) is 10.6 Å². The summed E-state index contributed by atoms with van der Waals surface area (Å²) in [6.45, 7) is 3.37. The number of methoxy groups -OCH3 is 1. The molecule has 1 saturated heterocycles. The van der Waals surface area contributed by atoms with Gasteiger partial charge in [0.05, 0.1) is 6.61 Å². The van der Waals surface area contributed by atoms with Gasteiger partial charge in [0.15, 0.2) is 0 Å². The summed E-state index contributed by atoms with van der Waals surface area (Å²) >= 11 is 0. The molecule has 4 nitrogen and oxygen atoms in total. The van der Waals surface area contributed by atoms with Crippen molar-refractivity contribution in [2.45, 2.75) is 6.42 Å². The molecule has 4 heteroatoms. The Bertz CT molecular complexity index is 146. The second-order valence-electron chi connectivity index (χ2n) is 3.07. The number of ether oxygens (including phenoxy) is 1. The molecule has 0 aromatic heterocycles. The SMILES string of the molecule is COCCC(=O)NCC1CNC1. The summed E-state index contributed by atoms with van der Waals surface area (Å²) in [5.41, 5.74) is 0. The van der Waals surface area contributed by atoms with E-state index in [0.717, 1.165) is 19.6 Å². The van der Waals surface area contributed by atoms with E-state index >= 15 is 0 Å². The molecule has 0 aromatic carbocycles. The maximum absolute atomic E-state index is 11.0. The molecule has 0 unspecified atom stereocenters. The van der Waals surface area contributed by atoms with E-state index in [9.17, 15) is 4.79 Å². The highest BCUT2D eigenvalue weighted by atomic mass is 16.5. The van der Waals surface area contributed by atoms with Crippen molar-refractivity contribution >= 4 is 5.91 Å². The van der Waals surface area contributed by atoms with E-state index in [1.807, 2.05) is 0 Å². The lowest BCUT2D eigenvalue weighted by Gasteiger charge is -2.27. The Morgan fingerprint density at radius 3 is 2.92 bits per heavy atom. The Kier molecular flexibility index (Phi) is 4.04. The quantitative estimate of drug-likeness (QED) is 0.580. The summed E-state index contributed by atoms with van der Waals surface area (Å²) in [7, 11) is 1.60. The Morgan fingerprint density at radius 2 is 2.42 bits per heavy atom. The first kappa shape index (κ1) is 9.48. The minimum atomic E-state index is 0.0868. The highest BCUT2D eigenvalue weighted by molar-refractivity contribution is 5.75. The average molecular weight is 172 g/mol. The predicted molar refractivity (Wildman–Crippen MR) is 45.9 cm³/mol. The maximum Gasteiger partial charge on any atom is 0.222 e. The van der Waals surface area contributed by atoms with Gasteiger partial charge in [-0.05, 0) is 0 Å². The summed E-state index contributed by atoms with van der Waals surface area (Å²) in [5.74, 6) is 0.722. The molecular weight excluding hydrogens is 156 g/mol. The molecule has 1 aliphatic rings. The lowest BCUT2D eigenvalue weighted by atomic mass is 10.0. The predicted octanol–water partition coefficient (Wildman–Crippen LogP) is -0.641. The topological polar surface area (TPSA) is 50.4 Å². The minimum Gasteiger partial charge on any atom is -0.384 e. The highest BCUT2D eigenvalue weighted by Gasteiger charge is 2.16. The van der Waals surface area contributed by atoms with Crippen LogP contribution in [-0.4, -0.2) is 39.3 Å². The third kappa shape index (κ3) is 3.19. The summed E-state index contributed by atoms with van der Waals surface area (Å²) < 4.78 is 4.79. The second-order valence-corrected chi connectivity index (χ2v) is 3.07. The molecule has 0 bridgehead atoms. The van der Waals surface area contributed by atoms with Crippen molar-refractivity contribution in [1.82, 2.24) is 10.6 Å². The van der Waals surface area contributed by atoms with Crippen molar-refractivity contribution in [2.75, 3.05) is 33.4 Å². The third-order valence-electron chi connectivity index (χ3n) is 1.99. The zero-order chi connectivity index (χ0) is 8.81. The normalized spacial score (nSPS) is 17.1. The fourth-order valence-electron chi connectivity index (χ4n) is 1.03. The smallest absolute Gasteiger partial charge is 0.222 e. The van der Waals surface area contributed by atoms with Crippen LogP contribution in [0.4, 0.5) is 0 Å². The van der Waals surface area contributed by atoms with Crippen molar-refractivity contribution in [3.63, 3.8) is 0 Å². The van der Waals surface area contributed by atoms with Crippen molar-refractivity contribution in [1.29, 1.82) is 0 Å². The van der Waals surface area contributed by atoms with Gasteiger partial charge in [0, 0.05) is 39.1 Å². The van der Waals surface area contributed by atoms with Gasteiger partial charge in [0.1, 0.15) is 0 Å². The number of hydrogen-bond donors (Lipinski definition) is 2. The summed E-state index contributed by atoms with van der Waals surface area (Å²) in [4.78, 5) is 11.0. The molecule has 0 spiro atoms. The molecule has 1 heterocycles. The van der Waals surface area contributed by atoms with Gasteiger partial charge in [-0.25, -0.2) is 0 Å². The fraction of sp³-hybridized carbons (Fsp3) is 0.875. The van der Waals surface area contributed by atoms with E-state index < -0.39 is 0 Å². The molecule has 0 atom stereocenters. The van der Waals surface area contributed by atoms with Gasteiger partial charge in [0.25, 0.3) is 0 Å². The van der Waals surface area contributed by atoms with Crippen LogP contribution >= 0.6 is 0 Å². The second kappa shape index (κ2) is 5.11. The van der Waals surface area contributed by atoms with Crippen LogP contribution in [0.25, 0.3) is 0 Å². The summed E-state index contributed by atoms with van der Waals surface area (Å²) in [6, 6.07) is 0. The number of carbonyl (C=O) groups excluding carboxylic acids is 1. The molecule has 1 fully saturated rings. The van der Waals surface area contributed by atoms with Crippen LogP contribution in [0.3, 0.4) is 0 Å². The lowest BCUT2D eigenvalue weighted by Crippen LogP contribution is -2.48. The zero-order valence-corrected chi connectivity index (χ0v) is 7.43. The van der Waals surface area contributed by atoms with Gasteiger partial charge in [-0.3, -0.25) is 4.79 Å². The van der Waals surface area contributed by atoms with E-state index in [-0.39, 0.29) is 5.91 Å². The van der Waals surface area contributed by atoms with Crippen molar-refractivity contribution in [2.24, 2.45) is 5.92 Å². The van der Waals surface area contributed by atoms with E-state index in [4.69, 9.17) is 4.74 Å². The molecule has 2 N–H and O–H groups in total. The largest absolute Gasteiger partial charge is 0.384 e. The molecule has 0 saturated carbocycles. The first-order valence-corrected chi connectivity index (χ1v) is 4.29. The van der Waals surface area contributed by atoms with Crippen LogP contribution in [0.15, 0.2) is 0 Å². The van der Waals surface area contributed by atoms with Crippen LogP contribution in [-0.2, 0) is 9.53 Å². The van der Waals surface area contributed by atoms with Crippen LogP contribution in [0.1, 0.15) is 6.42 Å². The van der Waals surface area contributed by atoms with Crippen LogP contribution in [0.5, 0.6) is 0 Å². The Hall–Kier alpha value is -0.610. The van der Waals surface area contributed by atoms with Crippen molar-refractivity contribution < 1.29 is 9.53 Å². The summed E-state index contributed by atoms with van der Waals surface area (Å²) in [6.07, 6.45) is 0.469. The first-order chi connectivity index (χ1) is 5.83. The Balaban J connectivity index is 1.94. The standard InChI is InChI=1S/C8H16N2O2/c1-12-3-2-8(11)10-6-7-4-9-5-7/h7,9H,2-6H2,1H3,(H,10,11). The van der Waals surface area contributed by atoms with E-state index in [1.54, 1.807) is 7.11 Å². The molecule has 1 rings (SSSR count). The molecular formula is C8H16N2O2.